The number of nitrogens with zero attached hydrogens (tertiary/aromatic N) is 2. The lowest BCUT2D eigenvalue weighted by atomic mass is 10.0. The Hall–Kier alpha value is -2.87. The number of thiazole rings is 1. The van der Waals surface area contributed by atoms with Gasteiger partial charge in [-0.1, -0.05) is 18.2 Å². The number of para-hydroxylation sites is 1. The predicted octanol–water partition coefficient (Wildman–Crippen LogP) is 3.71. The first-order chi connectivity index (χ1) is 13.2. The molecule has 148 valence electrons. The van der Waals surface area contributed by atoms with Crippen molar-refractivity contribution in [1.82, 2.24) is 14.9 Å². The molecule has 0 saturated carbocycles. The number of amides is 2. The van der Waals surface area contributed by atoms with Gasteiger partial charge in [0.1, 0.15) is 11.6 Å². The Morgan fingerprint density at radius 2 is 2.04 bits per heavy atom. The summed E-state index contributed by atoms with van der Waals surface area (Å²) in [5.41, 5.74) is 1.38. The summed E-state index contributed by atoms with van der Waals surface area (Å²) in [7, 11) is 1.96. The number of hydrogen-bond acceptors (Lipinski definition) is 5. The van der Waals surface area contributed by atoms with Crippen molar-refractivity contribution in [2.24, 2.45) is 7.05 Å². The lowest BCUT2D eigenvalue weighted by Crippen LogP contribution is -2.47. The Balaban J connectivity index is 1.84. The molecule has 3 aromatic rings. The van der Waals surface area contributed by atoms with Gasteiger partial charge in [-0.25, -0.2) is 9.78 Å². The van der Waals surface area contributed by atoms with Gasteiger partial charge in [-0.15, -0.1) is 11.3 Å². The largest absolute Gasteiger partial charge is 0.444 e. The predicted molar refractivity (Wildman–Crippen MR) is 111 cm³/mol. The SMILES string of the molecule is Cn1cc(CC(NC(=O)OC(C)(C)C)C(=O)Nc2nccs2)c2ccccc21. The fourth-order valence-corrected chi connectivity index (χ4v) is 3.48. The number of anilines is 1. The van der Waals surface area contributed by atoms with E-state index in [9.17, 15) is 9.59 Å². The van der Waals surface area contributed by atoms with Gasteiger partial charge in [-0.3, -0.25) is 4.79 Å². The topological polar surface area (TPSA) is 85.2 Å². The van der Waals surface area contributed by atoms with Crippen LogP contribution in [0.3, 0.4) is 0 Å². The average molecular weight is 401 g/mol. The van der Waals surface area contributed by atoms with Crippen LogP contribution in [-0.2, 0) is 23.0 Å². The number of aryl methyl sites for hydroxylation is 1. The minimum absolute atomic E-state index is 0.331. The third-order valence-corrected chi connectivity index (χ3v) is 4.76. The molecule has 7 nitrogen and oxygen atoms in total. The van der Waals surface area contributed by atoms with Gasteiger partial charge in [0.05, 0.1) is 0 Å². The second kappa shape index (κ2) is 8.02. The number of hydrogen-bond donors (Lipinski definition) is 2. The summed E-state index contributed by atoms with van der Waals surface area (Å²) in [6, 6.07) is 7.15. The molecule has 8 heteroatoms. The Morgan fingerprint density at radius 1 is 1.29 bits per heavy atom. The van der Waals surface area contributed by atoms with Gasteiger partial charge in [-0.2, -0.15) is 0 Å². The molecule has 0 aliphatic heterocycles. The number of carbonyl (C=O) groups is 2. The summed E-state index contributed by atoms with van der Waals surface area (Å²) in [5.74, 6) is -0.339. The Labute approximate surface area is 167 Å². The summed E-state index contributed by atoms with van der Waals surface area (Å²) in [6.45, 7) is 5.34. The molecule has 1 atom stereocenters. The fourth-order valence-electron chi connectivity index (χ4n) is 2.94. The van der Waals surface area contributed by atoms with E-state index in [0.717, 1.165) is 16.5 Å². The smallest absolute Gasteiger partial charge is 0.408 e. The second-order valence-electron chi connectivity index (χ2n) is 7.51. The zero-order chi connectivity index (χ0) is 20.3. The number of alkyl carbamates (subject to hydrolysis) is 1. The van der Waals surface area contributed by atoms with Gasteiger partial charge >= 0.3 is 6.09 Å². The highest BCUT2D eigenvalue weighted by molar-refractivity contribution is 7.13. The summed E-state index contributed by atoms with van der Waals surface area (Å²) in [5, 5.41) is 8.76. The van der Waals surface area contributed by atoms with Crippen LogP contribution in [0.1, 0.15) is 26.3 Å². The minimum atomic E-state index is -0.801. The highest BCUT2D eigenvalue weighted by Crippen LogP contribution is 2.22. The quantitative estimate of drug-likeness (QED) is 0.684. The van der Waals surface area contributed by atoms with Crippen molar-refractivity contribution in [2.45, 2.75) is 38.8 Å². The normalized spacial score (nSPS) is 12.6. The molecule has 0 bridgehead atoms. The van der Waals surface area contributed by atoms with E-state index in [1.165, 1.54) is 11.3 Å². The molecule has 0 aliphatic rings. The fraction of sp³-hybridized carbons (Fsp3) is 0.350. The first-order valence-corrected chi connectivity index (χ1v) is 9.84. The Kier molecular flexibility index (Phi) is 5.69. The molecule has 0 fully saturated rings. The van der Waals surface area contributed by atoms with Crippen LogP contribution in [0.15, 0.2) is 42.0 Å². The van der Waals surface area contributed by atoms with Crippen molar-refractivity contribution in [3.05, 3.63) is 47.6 Å². The molecule has 1 unspecified atom stereocenters. The molecule has 2 N–H and O–H groups in total. The number of carbonyl (C=O) groups excluding carboxylic acids is 2. The zero-order valence-electron chi connectivity index (χ0n) is 16.4. The highest BCUT2D eigenvalue weighted by Gasteiger charge is 2.26. The number of ether oxygens (including phenoxy) is 1. The van der Waals surface area contributed by atoms with Crippen molar-refractivity contribution in [3.63, 3.8) is 0 Å². The molecule has 0 spiro atoms. The standard InChI is InChI=1S/C20H24N4O3S/c1-20(2,3)27-19(26)22-15(17(25)23-18-21-9-10-28-18)11-13-12-24(4)16-8-6-5-7-14(13)16/h5-10,12,15H,11H2,1-4H3,(H,22,26)(H,21,23,25). The third-order valence-electron chi connectivity index (χ3n) is 4.07. The van der Waals surface area contributed by atoms with Crippen LogP contribution in [0.2, 0.25) is 0 Å². The molecular weight excluding hydrogens is 376 g/mol. The lowest BCUT2D eigenvalue weighted by Gasteiger charge is -2.23. The van der Waals surface area contributed by atoms with Crippen molar-refractivity contribution in [1.29, 1.82) is 0 Å². The molecule has 0 saturated heterocycles. The molecule has 0 radical (unpaired) electrons. The molecular formula is C20H24N4O3S. The molecule has 2 heterocycles. The van der Waals surface area contributed by atoms with Gasteiger partial charge in [0.2, 0.25) is 5.91 Å². The maximum absolute atomic E-state index is 12.8. The van der Waals surface area contributed by atoms with E-state index in [4.69, 9.17) is 4.74 Å². The summed E-state index contributed by atoms with van der Waals surface area (Å²) in [6.07, 6.45) is 3.29. The molecule has 1 aromatic carbocycles. The van der Waals surface area contributed by atoms with Crippen LogP contribution in [-0.4, -0.2) is 33.2 Å². The summed E-state index contributed by atoms with van der Waals surface area (Å²) in [4.78, 5) is 29.2. The maximum atomic E-state index is 12.8. The van der Waals surface area contributed by atoms with Crippen LogP contribution in [0.25, 0.3) is 10.9 Å². The van der Waals surface area contributed by atoms with Crippen LogP contribution in [0.4, 0.5) is 9.93 Å². The van der Waals surface area contributed by atoms with Crippen LogP contribution >= 0.6 is 11.3 Å². The van der Waals surface area contributed by atoms with Crippen molar-refractivity contribution < 1.29 is 14.3 Å². The number of benzene rings is 1. The van der Waals surface area contributed by atoms with Gasteiger partial charge in [-0.05, 0) is 32.4 Å². The summed E-state index contributed by atoms with van der Waals surface area (Å²) < 4.78 is 7.34. The van der Waals surface area contributed by atoms with Crippen molar-refractivity contribution in [2.75, 3.05) is 5.32 Å². The average Bonchev–Trinajstić information content (AvgIpc) is 3.21. The maximum Gasteiger partial charge on any atom is 0.408 e. The van der Waals surface area contributed by atoms with Gasteiger partial charge in [0.25, 0.3) is 0 Å². The zero-order valence-corrected chi connectivity index (χ0v) is 17.2. The first-order valence-electron chi connectivity index (χ1n) is 8.96. The van der Waals surface area contributed by atoms with Crippen molar-refractivity contribution >= 4 is 39.4 Å². The van der Waals surface area contributed by atoms with E-state index in [-0.39, 0.29) is 5.91 Å². The lowest BCUT2D eigenvalue weighted by molar-refractivity contribution is -0.118. The molecule has 3 rings (SSSR count). The van der Waals surface area contributed by atoms with E-state index < -0.39 is 17.7 Å². The van der Waals surface area contributed by atoms with Crippen molar-refractivity contribution in [3.8, 4) is 0 Å². The molecule has 2 aromatic heterocycles. The number of aromatic nitrogens is 2. The van der Waals surface area contributed by atoms with Crippen LogP contribution in [0.5, 0.6) is 0 Å². The molecule has 28 heavy (non-hydrogen) atoms. The minimum Gasteiger partial charge on any atom is -0.444 e. The van der Waals surface area contributed by atoms with Crippen LogP contribution in [0, 0.1) is 0 Å². The van der Waals surface area contributed by atoms with E-state index in [0.29, 0.717) is 11.6 Å². The number of fused-ring (bicyclic) bond motifs is 1. The Bertz CT molecular complexity index is 973. The number of rotatable bonds is 5. The van der Waals surface area contributed by atoms with Gasteiger partial charge in [0, 0.05) is 42.1 Å². The molecule has 2 amide bonds. The van der Waals surface area contributed by atoms with Gasteiger partial charge < -0.3 is 19.9 Å². The summed E-state index contributed by atoms with van der Waals surface area (Å²) >= 11 is 1.32. The monoisotopic (exact) mass is 400 g/mol. The van der Waals surface area contributed by atoms with E-state index in [1.54, 1.807) is 32.3 Å². The van der Waals surface area contributed by atoms with E-state index >= 15 is 0 Å². The van der Waals surface area contributed by atoms with Gasteiger partial charge in [0.15, 0.2) is 5.13 Å². The van der Waals surface area contributed by atoms with Crippen LogP contribution < -0.4 is 10.6 Å². The first kappa shape index (κ1) is 19.9. The third kappa shape index (κ3) is 4.89. The number of nitrogens with one attached hydrogen (secondary N) is 2. The highest BCUT2D eigenvalue weighted by atomic mass is 32.1. The molecule has 0 aliphatic carbocycles. The van der Waals surface area contributed by atoms with E-state index in [1.807, 2.05) is 42.1 Å². The second-order valence-corrected chi connectivity index (χ2v) is 8.41. The van der Waals surface area contributed by atoms with E-state index in [2.05, 4.69) is 15.6 Å². The Morgan fingerprint density at radius 3 is 2.71 bits per heavy atom.